The Hall–Kier alpha value is -2.60. The number of halogens is 1. The van der Waals surface area contributed by atoms with Gasteiger partial charge in [0.1, 0.15) is 11.3 Å². The summed E-state index contributed by atoms with van der Waals surface area (Å²) in [7, 11) is 0. The Morgan fingerprint density at radius 3 is 2.67 bits per heavy atom. The Labute approximate surface area is 119 Å². The minimum absolute atomic E-state index is 0.0241. The lowest BCUT2D eigenvalue weighted by atomic mass is 10.1. The fraction of sp³-hybridized carbons (Fsp3) is 0.133. The molecular weight excluding hydrogens is 271 g/mol. The largest absolute Gasteiger partial charge is 0.326 e. The van der Waals surface area contributed by atoms with E-state index < -0.39 is 5.82 Å². The summed E-state index contributed by atoms with van der Waals surface area (Å²) in [6.45, 7) is 0.133. The molecule has 3 rings (SSSR count). The van der Waals surface area contributed by atoms with E-state index in [4.69, 9.17) is 5.73 Å². The molecule has 2 aromatic carbocycles. The molecule has 0 unspecified atom stereocenters. The van der Waals surface area contributed by atoms with Gasteiger partial charge in [0, 0.05) is 17.7 Å². The SMILES string of the molecule is NCc1cccc(Cn2nnc3ccccc3c2=O)c1F. The van der Waals surface area contributed by atoms with Crippen LogP contribution in [0.1, 0.15) is 11.1 Å². The van der Waals surface area contributed by atoms with Crippen molar-refractivity contribution in [1.82, 2.24) is 15.0 Å². The molecule has 0 fully saturated rings. The van der Waals surface area contributed by atoms with Crippen molar-refractivity contribution >= 4 is 10.9 Å². The lowest BCUT2D eigenvalue weighted by Gasteiger charge is -2.08. The van der Waals surface area contributed by atoms with E-state index in [0.29, 0.717) is 22.0 Å². The maximum absolute atomic E-state index is 14.2. The third-order valence-electron chi connectivity index (χ3n) is 3.33. The van der Waals surface area contributed by atoms with Gasteiger partial charge >= 0.3 is 0 Å². The van der Waals surface area contributed by atoms with Crippen LogP contribution < -0.4 is 11.3 Å². The summed E-state index contributed by atoms with van der Waals surface area (Å²) in [5.74, 6) is -0.401. The van der Waals surface area contributed by atoms with E-state index in [-0.39, 0.29) is 18.6 Å². The number of benzene rings is 2. The first-order valence-electron chi connectivity index (χ1n) is 6.49. The maximum Gasteiger partial charge on any atom is 0.277 e. The Balaban J connectivity index is 2.07. The van der Waals surface area contributed by atoms with E-state index in [9.17, 15) is 9.18 Å². The fourth-order valence-corrected chi connectivity index (χ4v) is 2.20. The minimum atomic E-state index is -0.401. The molecule has 0 atom stereocenters. The summed E-state index contributed by atoms with van der Waals surface area (Å²) in [6, 6.07) is 11.9. The zero-order chi connectivity index (χ0) is 14.8. The minimum Gasteiger partial charge on any atom is -0.326 e. The molecular formula is C15H13FN4O. The van der Waals surface area contributed by atoms with Gasteiger partial charge < -0.3 is 5.73 Å². The highest BCUT2D eigenvalue weighted by atomic mass is 19.1. The van der Waals surface area contributed by atoms with Crippen LogP contribution in [0.4, 0.5) is 4.39 Å². The lowest BCUT2D eigenvalue weighted by Crippen LogP contribution is -2.25. The van der Waals surface area contributed by atoms with Gasteiger partial charge in [-0.3, -0.25) is 4.79 Å². The number of aromatic nitrogens is 3. The van der Waals surface area contributed by atoms with Crippen molar-refractivity contribution in [3.8, 4) is 0 Å². The number of fused-ring (bicyclic) bond motifs is 1. The lowest BCUT2D eigenvalue weighted by molar-refractivity contribution is 0.549. The van der Waals surface area contributed by atoms with E-state index in [1.807, 2.05) is 0 Å². The Morgan fingerprint density at radius 2 is 1.86 bits per heavy atom. The van der Waals surface area contributed by atoms with Crippen molar-refractivity contribution in [3.63, 3.8) is 0 Å². The van der Waals surface area contributed by atoms with Crippen molar-refractivity contribution in [2.45, 2.75) is 13.1 Å². The summed E-state index contributed by atoms with van der Waals surface area (Å²) in [5, 5.41) is 8.29. The van der Waals surface area contributed by atoms with Gasteiger partial charge in [-0.25, -0.2) is 9.07 Å². The molecule has 21 heavy (non-hydrogen) atoms. The van der Waals surface area contributed by atoms with Crippen molar-refractivity contribution in [1.29, 1.82) is 0 Å². The van der Waals surface area contributed by atoms with Gasteiger partial charge in [0.2, 0.25) is 0 Å². The quantitative estimate of drug-likeness (QED) is 0.789. The average Bonchev–Trinajstić information content (AvgIpc) is 2.52. The molecule has 0 bridgehead atoms. The van der Waals surface area contributed by atoms with Crippen LogP contribution in [0.3, 0.4) is 0 Å². The first-order valence-corrected chi connectivity index (χ1v) is 6.49. The average molecular weight is 284 g/mol. The predicted molar refractivity (Wildman–Crippen MR) is 77.2 cm³/mol. The van der Waals surface area contributed by atoms with E-state index in [1.54, 1.807) is 42.5 Å². The molecule has 106 valence electrons. The molecule has 0 saturated carbocycles. The number of rotatable bonds is 3. The molecule has 0 amide bonds. The highest BCUT2D eigenvalue weighted by Crippen LogP contribution is 2.13. The second kappa shape index (κ2) is 5.41. The highest BCUT2D eigenvalue weighted by Gasteiger charge is 2.10. The van der Waals surface area contributed by atoms with E-state index >= 15 is 0 Å². The number of hydrogen-bond acceptors (Lipinski definition) is 4. The predicted octanol–water partition coefficient (Wildman–Crippen LogP) is 1.44. The summed E-state index contributed by atoms with van der Waals surface area (Å²) >= 11 is 0. The molecule has 1 heterocycles. The van der Waals surface area contributed by atoms with Crippen LogP contribution in [0.15, 0.2) is 47.3 Å². The van der Waals surface area contributed by atoms with Crippen molar-refractivity contribution in [2.75, 3.05) is 0 Å². The second-order valence-corrected chi connectivity index (χ2v) is 4.66. The van der Waals surface area contributed by atoms with Crippen LogP contribution in [0.25, 0.3) is 10.9 Å². The summed E-state index contributed by atoms with van der Waals surface area (Å²) in [4.78, 5) is 12.3. The zero-order valence-corrected chi connectivity index (χ0v) is 11.2. The van der Waals surface area contributed by atoms with Gasteiger partial charge in [0.05, 0.1) is 11.9 Å². The van der Waals surface area contributed by atoms with Crippen molar-refractivity contribution < 1.29 is 4.39 Å². The van der Waals surface area contributed by atoms with Gasteiger partial charge in [-0.2, -0.15) is 0 Å². The first kappa shape index (κ1) is 13.4. The zero-order valence-electron chi connectivity index (χ0n) is 11.2. The number of nitrogens with two attached hydrogens (primary N) is 1. The first-order chi connectivity index (χ1) is 10.2. The van der Waals surface area contributed by atoms with Crippen LogP contribution in [0.2, 0.25) is 0 Å². The van der Waals surface area contributed by atoms with E-state index in [0.717, 1.165) is 4.68 Å². The molecule has 5 nitrogen and oxygen atoms in total. The molecule has 0 saturated heterocycles. The third kappa shape index (κ3) is 2.41. The number of nitrogens with zero attached hydrogens (tertiary/aromatic N) is 3. The van der Waals surface area contributed by atoms with Crippen LogP contribution in [-0.4, -0.2) is 15.0 Å². The monoisotopic (exact) mass is 284 g/mol. The Morgan fingerprint density at radius 1 is 1.10 bits per heavy atom. The van der Waals surface area contributed by atoms with E-state index in [1.165, 1.54) is 0 Å². The molecule has 1 aromatic heterocycles. The summed E-state index contributed by atoms with van der Waals surface area (Å²) in [6.07, 6.45) is 0. The molecule has 6 heteroatoms. The van der Waals surface area contributed by atoms with Crippen LogP contribution in [-0.2, 0) is 13.1 Å². The molecule has 0 aliphatic heterocycles. The van der Waals surface area contributed by atoms with E-state index in [2.05, 4.69) is 10.3 Å². The summed E-state index contributed by atoms with van der Waals surface area (Å²) < 4.78 is 15.3. The van der Waals surface area contributed by atoms with Gasteiger partial charge in [-0.05, 0) is 12.1 Å². The van der Waals surface area contributed by atoms with Crippen LogP contribution in [0, 0.1) is 5.82 Å². The molecule has 0 radical (unpaired) electrons. The van der Waals surface area contributed by atoms with Gasteiger partial charge in [-0.1, -0.05) is 35.5 Å². The highest BCUT2D eigenvalue weighted by molar-refractivity contribution is 5.76. The molecule has 0 spiro atoms. The standard InChI is InChI=1S/C15H13FN4O/c16-14-10(8-17)4-3-5-11(14)9-20-15(21)12-6-1-2-7-13(12)18-19-20/h1-7H,8-9,17H2. The normalized spacial score (nSPS) is 11.0. The van der Waals surface area contributed by atoms with Gasteiger partial charge in [0.15, 0.2) is 0 Å². The third-order valence-corrected chi connectivity index (χ3v) is 3.33. The van der Waals surface area contributed by atoms with Crippen LogP contribution >= 0.6 is 0 Å². The summed E-state index contributed by atoms with van der Waals surface area (Å²) in [5.41, 5.74) is 6.49. The fourth-order valence-electron chi connectivity index (χ4n) is 2.20. The van der Waals surface area contributed by atoms with Crippen LogP contribution in [0.5, 0.6) is 0 Å². The van der Waals surface area contributed by atoms with Crippen molar-refractivity contribution in [2.24, 2.45) is 5.73 Å². The van der Waals surface area contributed by atoms with Crippen molar-refractivity contribution in [3.05, 3.63) is 69.8 Å². The smallest absolute Gasteiger partial charge is 0.277 e. The molecule has 0 aliphatic rings. The van der Waals surface area contributed by atoms with Gasteiger partial charge in [-0.15, -0.1) is 5.10 Å². The van der Waals surface area contributed by atoms with Gasteiger partial charge in [0.25, 0.3) is 5.56 Å². The molecule has 3 aromatic rings. The topological polar surface area (TPSA) is 73.8 Å². The Bertz CT molecular complexity index is 860. The molecule has 2 N–H and O–H groups in total. The number of hydrogen-bond donors (Lipinski definition) is 1. The second-order valence-electron chi connectivity index (χ2n) is 4.66. The Kier molecular flexibility index (Phi) is 3.45. The maximum atomic E-state index is 14.2. The molecule has 0 aliphatic carbocycles.